The van der Waals surface area contributed by atoms with Crippen LogP contribution >= 0.6 is 12.4 Å². The zero-order chi connectivity index (χ0) is 11.9. The number of carbonyl (C=O) groups excluding carboxylic acids is 1. The molecule has 0 aromatic carbocycles. The van der Waals surface area contributed by atoms with Gasteiger partial charge in [-0.3, -0.25) is 4.79 Å². The number of halogens is 1. The monoisotopic (exact) mass is 266 g/mol. The minimum absolute atomic E-state index is 0. The molecule has 0 aromatic heterocycles. The van der Waals surface area contributed by atoms with Crippen molar-refractivity contribution >= 4 is 18.3 Å². The third-order valence-electron chi connectivity index (χ3n) is 3.05. The molecule has 102 valence electrons. The summed E-state index contributed by atoms with van der Waals surface area (Å²) in [6.07, 6.45) is 1.67. The van der Waals surface area contributed by atoms with Gasteiger partial charge in [-0.2, -0.15) is 0 Å². The van der Waals surface area contributed by atoms with Crippen molar-refractivity contribution in [3.05, 3.63) is 0 Å². The quantitative estimate of drug-likeness (QED) is 0.674. The maximum atomic E-state index is 12.1. The maximum absolute atomic E-state index is 12.1. The first kappa shape index (κ1) is 16.6. The number of ether oxygens (including phenoxy) is 2. The van der Waals surface area contributed by atoms with Crippen LogP contribution < -0.4 is 10.6 Å². The molecule has 0 atom stereocenters. The Morgan fingerprint density at radius 3 is 2.47 bits per heavy atom. The summed E-state index contributed by atoms with van der Waals surface area (Å²) in [5, 5.41) is 6.17. The van der Waals surface area contributed by atoms with Crippen LogP contribution in [-0.2, 0) is 14.3 Å². The Morgan fingerprint density at radius 1 is 1.29 bits per heavy atom. The van der Waals surface area contributed by atoms with E-state index in [1.165, 1.54) is 0 Å². The van der Waals surface area contributed by atoms with E-state index < -0.39 is 0 Å². The number of hydrogen-bond acceptors (Lipinski definition) is 4. The van der Waals surface area contributed by atoms with Crippen LogP contribution in [0.1, 0.15) is 12.8 Å². The van der Waals surface area contributed by atoms with E-state index in [2.05, 4.69) is 10.6 Å². The second-order valence-electron chi connectivity index (χ2n) is 4.21. The molecule has 5 nitrogen and oxygen atoms in total. The summed E-state index contributed by atoms with van der Waals surface area (Å²) in [5.74, 6) is 0.0906. The van der Waals surface area contributed by atoms with Crippen molar-refractivity contribution in [3.63, 3.8) is 0 Å². The minimum Gasteiger partial charge on any atom is -0.384 e. The van der Waals surface area contributed by atoms with Gasteiger partial charge in [0.05, 0.1) is 18.6 Å². The molecule has 0 aliphatic carbocycles. The number of piperidine rings is 1. The van der Waals surface area contributed by atoms with Crippen LogP contribution in [0.2, 0.25) is 0 Å². The Labute approximate surface area is 109 Å². The van der Waals surface area contributed by atoms with Crippen LogP contribution in [0.5, 0.6) is 0 Å². The molecule has 1 amide bonds. The highest BCUT2D eigenvalue weighted by atomic mass is 35.5. The molecule has 0 aromatic rings. The molecular formula is C11H23ClN2O3. The van der Waals surface area contributed by atoms with Gasteiger partial charge in [0.25, 0.3) is 0 Å². The van der Waals surface area contributed by atoms with E-state index in [0.717, 1.165) is 25.9 Å². The van der Waals surface area contributed by atoms with E-state index in [-0.39, 0.29) is 23.7 Å². The smallest absolute Gasteiger partial charge is 0.228 e. The van der Waals surface area contributed by atoms with Crippen molar-refractivity contribution in [1.29, 1.82) is 0 Å². The lowest BCUT2D eigenvalue weighted by Crippen LogP contribution is -2.50. The van der Waals surface area contributed by atoms with E-state index >= 15 is 0 Å². The van der Waals surface area contributed by atoms with Crippen LogP contribution in [0.25, 0.3) is 0 Å². The van der Waals surface area contributed by atoms with Gasteiger partial charge in [0.1, 0.15) is 0 Å². The van der Waals surface area contributed by atoms with Crippen LogP contribution in [0.3, 0.4) is 0 Å². The summed E-state index contributed by atoms with van der Waals surface area (Å²) in [4.78, 5) is 12.1. The molecular weight excluding hydrogens is 244 g/mol. The van der Waals surface area contributed by atoms with Crippen molar-refractivity contribution in [2.75, 3.05) is 47.1 Å². The highest BCUT2D eigenvalue weighted by Gasteiger charge is 2.39. The zero-order valence-corrected chi connectivity index (χ0v) is 11.4. The number of amides is 1. The van der Waals surface area contributed by atoms with Crippen LogP contribution in [0.15, 0.2) is 0 Å². The fraction of sp³-hybridized carbons (Fsp3) is 0.909. The van der Waals surface area contributed by atoms with Gasteiger partial charge in [-0.05, 0) is 25.9 Å². The number of carbonyl (C=O) groups is 1. The third kappa shape index (κ3) is 4.79. The molecule has 1 rings (SSSR count). The highest BCUT2D eigenvalue weighted by Crippen LogP contribution is 2.29. The standard InChI is InChI=1S/C11H22N2O3.ClH/c1-15-8-7-13-10(14)11(9-16-2)3-5-12-6-4-11;/h12H,3-9H2,1-2H3,(H,13,14);1H. The molecule has 1 heterocycles. The second-order valence-corrected chi connectivity index (χ2v) is 4.21. The van der Waals surface area contributed by atoms with Gasteiger partial charge >= 0.3 is 0 Å². The van der Waals surface area contributed by atoms with Crippen LogP contribution in [0.4, 0.5) is 0 Å². The average Bonchev–Trinajstić information content (AvgIpc) is 2.31. The molecule has 6 heteroatoms. The van der Waals surface area contributed by atoms with Gasteiger partial charge in [-0.25, -0.2) is 0 Å². The van der Waals surface area contributed by atoms with E-state index in [4.69, 9.17) is 9.47 Å². The van der Waals surface area contributed by atoms with Crippen molar-refractivity contribution in [3.8, 4) is 0 Å². The molecule has 0 bridgehead atoms. The van der Waals surface area contributed by atoms with E-state index in [1.54, 1.807) is 14.2 Å². The Morgan fingerprint density at radius 2 is 1.94 bits per heavy atom. The SMILES string of the molecule is COCCNC(=O)C1(COC)CCNCC1.Cl. The Bertz CT molecular complexity index is 215. The molecule has 1 saturated heterocycles. The van der Waals surface area contributed by atoms with E-state index in [0.29, 0.717) is 19.8 Å². The van der Waals surface area contributed by atoms with E-state index in [1.807, 2.05) is 0 Å². The summed E-state index contributed by atoms with van der Waals surface area (Å²) in [6, 6.07) is 0. The number of methoxy groups -OCH3 is 2. The summed E-state index contributed by atoms with van der Waals surface area (Å²) in [6.45, 7) is 3.36. The van der Waals surface area contributed by atoms with Gasteiger partial charge < -0.3 is 20.1 Å². The first-order chi connectivity index (χ1) is 7.75. The third-order valence-corrected chi connectivity index (χ3v) is 3.05. The zero-order valence-electron chi connectivity index (χ0n) is 10.6. The lowest BCUT2D eigenvalue weighted by molar-refractivity contribution is -0.136. The summed E-state index contributed by atoms with van der Waals surface area (Å²) in [5.41, 5.74) is -0.353. The molecule has 0 spiro atoms. The summed E-state index contributed by atoms with van der Waals surface area (Å²) in [7, 11) is 3.27. The Hall–Kier alpha value is -0.360. The van der Waals surface area contributed by atoms with E-state index in [9.17, 15) is 4.79 Å². The van der Waals surface area contributed by atoms with Gasteiger partial charge in [0.2, 0.25) is 5.91 Å². The predicted molar refractivity (Wildman–Crippen MR) is 68.5 cm³/mol. The Kier molecular flexibility index (Phi) is 8.51. The topological polar surface area (TPSA) is 59.6 Å². The lowest BCUT2D eigenvalue weighted by Gasteiger charge is -2.35. The van der Waals surface area contributed by atoms with Gasteiger partial charge in [0, 0.05) is 20.8 Å². The first-order valence-electron chi connectivity index (χ1n) is 5.72. The molecule has 0 saturated carbocycles. The highest BCUT2D eigenvalue weighted by molar-refractivity contribution is 5.85. The molecule has 2 N–H and O–H groups in total. The molecule has 1 aliphatic heterocycles. The Balaban J connectivity index is 0.00000256. The van der Waals surface area contributed by atoms with Crippen LogP contribution in [-0.4, -0.2) is 53.0 Å². The molecule has 0 radical (unpaired) electrons. The lowest BCUT2D eigenvalue weighted by atomic mass is 9.78. The first-order valence-corrected chi connectivity index (χ1v) is 5.72. The largest absolute Gasteiger partial charge is 0.384 e. The molecule has 1 aliphatic rings. The number of nitrogens with one attached hydrogen (secondary N) is 2. The fourth-order valence-electron chi connectivity index (χ4n) is 2.07. The van der Waals surface area contributed by atoms with Crippen molar-refractivity contribution in [2.24, 2.45) is 5.41 Å². The van der Waals surface area contributed by atoms with Crippen LogP contribution in [0, 0.1) is 5.41 Å². The fourth-order valence-corrected chi connectivity index (χ4v) is 2.07. The summed E-state index contributed by atoms with van der Waals surface area (Å²) < 4.78 is 10.1. The van der Waals surface area contributed by atoms with Gasteiger partial charge in [-0.1, -0.05) is 0 Å². The maximum Gasteiger partial charge on any atom is 0.228 e. The minimum atomic E-state index is -0.353. The number of hydrogen-bond donors (Lipinski definition) is 2. The predicted octanol–water partition coefficient (Wildman–Crippen LogP) is 0.187. The molecule has 0 unspecified atom stereocenters. The van der Waals surface area contributed by atoms with Crippen molar-refractivity contribution in [1.82, 2.24) is 10.6 Å². The van der Waals surface area contributed by atoms with Gasteiger partial charge in [-0.15, -0.1) is 12.4 Å². The average molecular weight is 267 g/mol. The normalized spacial score (nSPS) is 18.2. The second kappa shape index (κ2) is 8.69. The summed E-state index contributed by atoms with van der Waals surface area (Å²) >= 11 is 0. The molecule has 17 heavy (non-hydrogen) atoms. The van der Waals surface area contributed by atoms with Gasteiger partial charge in [0.15, 0.2) is 0 Å². The number of rotatable bonds is 6. The molecule has 1 fully saturated rings. The van der Waals surface area contributed by atoms with Crippen molar-refractivity contribution < 1.29 is 14.3 Å². The van der Waals surface area contributed by atoms with Crippen molar-refractivity contribution in [2.45, 2.75) is 12.8 Å².